The summed E-state index contributed by atoms with van der Waals surface area (Å²) in [6.45, 7) is 0. The fourth-order valence-corrected chi connectivity index (χ4v) is 3.40. The Morgan fingerprint density at radius 2 is 2.12 bits per heavy atom. The Hall–Kier alpha value is -0.0900. The first-order valence-corrected chi connectivity index (χ1v) is 7.28. The van der Waals surface area contributed by atoms with Crippen LogP contribution in [-0.2, 0) is 6.42 Å². The third kappa shape index (κ3) is 3.44. The molecule has 0 amide bonds. The lowest BCUT2D eigenvalue weighted by molar-refractivity contribution is 0.361. The maximum atomic E-state index is 6.24. The van der Waals surface area contributed by atoms with E-state index in [1.54, 1.807) is 0 Å². The summed E-state index contributed by atoms with van der Waals surface area (Å²) in [5.74, 6) is 6.37. The summed E-state index contributed by atoms with van der Waals surface area (Å²) >= 11 is 9.66. The van der Waals surface area contributed by atoms with Crippen molar-refractivity contribution in [3.05, 3.63) is 33.3 Å². The van der Waals surface area contributed by atoms with Crippen LogP contribution in [0.2, 0.25) is 5.02 Å². The molecular formula is C13H18BrClN2. The Morgan fingerprint density at radius 3 is 2.71 bits per heavy atom. The van der Waals surface area contributed by atoms with Gasteiger partial charge in [0.2, 0.25) is 0 Å². The molecule has 4 heteroatoms. The highest BCUT2D eigenvalue weighted by Crippen LogP contribution is 2.30. The van der Waals surface area contributed by atoms with Crippen LogP contribution in [0.1, 0.15) is 31.2 Å². The first-order valence-electron chi connectivity index (χ1n) is 6.10. The molecule has 0 aliphatic heterocycles. The zero-order valence-electron chi connectivity index (χ0n) is 9.76. The highest BCUT2D eigenvalue weighted by Gasteiger charge is 2.24. The normalized spacial score (nSPS) is 18.5. The van der Waals surface area contributed by atoms with Gasteiger partial charge in [-0.25, -0.2) is 0 Å². The van der Waals surface area contributed by atoms with Crippen LogP contribution < -0.4 is 11.3 Å². The molecule has 0 spiro atoms. The average molecular weight is 318 g/mol. The molecule has 3 N–H and O–H groups in total. The Kier molecular flexibility index (Phi) is 4.86. The number of hydrogen-bond donors (Lipinski definition) is 2. The third-order valence-electron chi connectivity index (χ3n) is 3.64. The van der Waals surface area contributed by atoms with Gasteiger partial charge in [-0.1, -0.05) is 46.4 Å². The van der Waals surface area contributed by atoms with Crippen LogP contribution in [0.25, 0.3) is 0 Å². The molecule has 1 aliphatic rings. The quantitative estimate of drug-likeness (QED) is 0.657. The van der Waals surface area contributed by atoms with E-state index in [9.17, 15) is 0 Å². The van der Waals surface area contributed by atoms with Crippen molar-refractivity contribution in [2.45, 2.75) is 38.1 Å². The Morgan fingerprint density at radius 1 is 1.41 bits per heavy atom. The van der Waals surface area contributed by atoms with Gasteiger partial charge >= 0.3 is 0 Å². The Bertz CT molecular complexity index is 378. The first kappa shape index (κ1) is 13.3. The lowest BCUT2D eigenvalue weighted by atomic mass is 9.93. The van der Waals surface area contributed by atoms with Crippen molar-refractivity contribution in [2.75, 3.05) is 0 Å². The number of halogens is 2. The maximum absolute atomic E-state index is 6.24. The molecule has 2 nitrogen and oxygen atoms in total. The molecule has 0 saturated heterocycles. The predicted octanol–water partition coefficient (Wildman–Crippen LogP) is 3.67. The molecule has 1 aromatic rings. The van der Waals surface area contributed by atoms with Gasteiger partial charge in [-0.2, -0.15) is 0 Å². The van der Waals surface area contributed by atoms with Crippen LogP contribution in [-0.4, -0.2) is 6.04 Å². The maximum Gasteiger partial charge on any atom is 0.0449 e. The van der Waals surface area contributed by atoms with E-state index >= 15 is 0 Å². The van der Waals surface area contributed by atoms with Crippen LogP contribution in [0, 0.1) is 5.92 Å². The molecule has 0 bridgehead atoms. The summed E-state index contributed by atoms with van der Waals surface area (Å²) in [5, 5.41) is 0.817. The topological polar surface area (TPSA) is 38.0 Å². The number of hydrogen-bond acceptors (Lipinski definition) is 2. The summed E-state index contributed by atoms with van der Waals surface area (Å²) in [6, 6.07) is 6.39. The highest BCUT2D eigenvalue weighted by atomic mass is 79.9. The lowest BCUT2D eigenvalue weighted by Crippen LogP contribution is -2.41. The molecule has 1 aliphatic carbocycles. The number of hydrazine groups is 1. The van der Waals surface area contributed by atoms with E-state index in [-0.39, 0.29) is 0 Å². The minimum absolute atomic E-state index is 0.344. The van der Waals surface area contributed by atoms with Gasteiger partial charge in [0.05, 0.1) is 0 Å². The number of benzene rings is 1. The first-order chi connectivity index (χ1) is 8.20. The van der Waals surface area contributed by atoms with Gasteiger partial charge in [-0.3, -0.25) is 11.3 Å². The van der Waals surface area contributed by atoms with E-state index in [1.807, 2.05) is 12.1 Å². The van der Waals surface area contributed by atoms with Crippen LogP contribution in [0.15, 0.2) is 22.7 Å². The molecule has 94 valence electrons. The van der Waals surface area contributed by atoms with Crippen molar-refractivity contribution in [2.24, 2.45) is 11.8 Å². The lowest BCUT2D eigenvalue weighted by Gasteiger charge is -2.23. The molecule has 1 saturated carbocycles. The summed E-state index contributed by atoms with van der Waals surface area (Å²) < 4.78 is 1.02. The van der Waals surface area contributed by atoms with Crippen molar-refractivity contribution in [1.82, 2.24) is 5.43 Å². The van der Waals surface area contributed by atoms with Crippen molar-refractivity contribution in [3.8, 4) is 0 Å². The summed E-state index contributed by atoms with van der Waals surface area (Å²) in [5.41, 5.74) is 4.13. The van der Waals surface area contributed by atoms with Gasteiger partial charge < -0.3 is 0 Å². The Labute approximate surface area is 116 Å². The van der Waals surface area contributed by atoms with Crippen molar-refractivity contribution in [3.63, 3.8) is 0 Å². The number of rotatable bonds is 4. The standard InChI is InChI=1S/C13H18BrClN2/c14-11-6-5-10(12(15)8-11)7-13(17-16)9-3-1-2-4-9/h5-6,8-9,13,17H,1-4,7,16H2. The molecular weight excluding hydrogens is 300 g/mol. The third-order valence-corrected chi connectivity index (χ3v) is 4.48. The van der Waals surface area contributed by atoms with Crippen LogP contribution >= 0.6 is 27.5 Å². The zero-order chi connectivity index (χ0) is 12.3. The minimum Gasteiger partial charge on any atom is -0.271 e. The average Bonchev–Trinajstić information content (AvgIpc) is 2.81. The fourth-order valence-electron chi connectivity index (χ4n) is 2.65. The second-order valence-electron chi connectivity index (χ2n) is 4.76. The van der Waals surface area contributed by atoms with E-state index in [4.69, 9.17) is 17.4 Å². The largest absolute Gasteiger partial charge is 0.271 e. The van der Waals surface area contributed by atoms with Gasteiger partial charge in [-0.05, 0) is 42.9 Å². The number of nitrogens with two attached hydrogens (primary N) is 1. The molecule has 17 heavy (non-hydrogen) atoms. The van der Waals surface area contributed by atoms with Crippen molar-refractivity contribution < 1.29 is 0 Å². The molecule has 1 aromatic carbocycles. The second kappa shape index (κ2) is 6.19. The van der Waals surface area contributed by atoms with Gasteiger partial charge in [0.15, 0.2) is 0 Å². The fraction of sp³-hybridized carbons (Fsp3) is 0.538. The number of nitrogens with one attached hydrogen (secondary N) is 1. The molecule has 1 fully saturated rings. The summed E-state index contributed by atoms with van der Waals surface area (Å²) in [4.78, 5) is 0. The molecule has 0 aromatic heterocycles. The van der Waals surface area contributed by atoms with Crippen molar-refractivity contribution >= 4 is 27.5 Å². The summed E-state index contributed by atoms with van der Waals surface area (Å²) in [6.07, 6.45) is 6.13. The van der Waals surface area contributed by atoms with Gasteiger partial charge in [0.25, 0.3) is 0 Å². The molecule has 1 atom stereocenters. The van der Waals surface area contributed by atoms with E-state index in [1.165, 1.54) is 31.2 Å². The van der Waals surface area contributed by atoms with Gasteiger partial charge in [-0.15, -0.1) is 0 Å². The molecule has 0 heterocycles. The van der Waals surface area contributed by atoms with Crippen LogP contribution in [0.3, 0.4) is 0 Å². The second-order valence-corrected chi connectivity index (χ2v) is 6.08. The van der Waals surface area contributed by atoms with Crippen molar-refractivity contribution in [1.29, 1.82) is 0 Å². The van der Waals surface area contributed by atoms with Gasteiger partial charge in [0.1, 0.15) is 0 Å². The molecule has 1 unspecified atom stereocenters. The Balaban J connectivity index is 2.06. The smallest absolute Gasteiger partial charge is 0.0449 e. The SMILES string of the molecule is NNC(Cc1ccc(Br)cc1Cl)C1CCCC1. The molecule has 2 rings (SSSR count). The van der Waals surface area contributed by atoms with Crippen LogP contribution in [0.4, 0.5) is 0 Å². The van der Waals surface area contributed by atoms with E-state index in [2.05, 4.69) is 27.4 Å². The van der Waals surface area contributed by atoms with Gasteiger partial charge in [0, 0.05) is 15.5 Å². The predicted molar refractivity (Wildman–Crippen MR) is 75.9 cm³/mol. The van der Waals surface area contributed by atoms with E-state index in [0.717, 1.165) is 15.9 Å². The van der Waals surface area contributed by atoms with E-state index in [0.29, 0.717) is 12.0 Å². The highest BCUT2D eigenvalue weighted by molar-refractivity contribution is 9.10. The van der Waals surface area contributed by atoms with Crippen LogP contribution in [0.5, 0.6) is 0 Å². The monoisotopic (exact) mass is 316 g/mol. The minimum atomic E-state index is 0.344. The summed E-state index contributed by atoms with van der Waals surface area (Å²) in [7, 11) is 0. The molecule has 0 radical (unpaired) electrons. The zero-order valence-corrected chi connectivity index (χ0v) is 12.1. The van der Waals surface area contributed by atoms with E-state index < -0.39 is 0 Å².